The molecular weight excluding hydrogens is 312 g/mol. The maximum Gasteiger partial charge on any atom is 0.0738 e. The van der Waals surface area contributed by atoms with Gasteiger partial charge in [0.15, 0.2) is 0 Å². The van der Waals surface area contributed by atoms with Gasteiger partial charge >= 0.3 is 0 Å². The lowest BCUT2D eigenvalue weighted by Gasteiger charge is -2.07. The predicted octanol–water partition coefficient (Wildman–Crippen LogP) is 5.76. The van der Waals surface area contributed by atoms with Crippen LogP contribution in [-0.2, 0) is 0 Å². The van der Waals surface area contributed by atoms with Gasteiger partial charge in [0.25, 0.3) is 0 Å². The fourth-order valence-electron chi connectivity index (χ4n) is 1.81. The fraction of sp³-hybridized carbons (Fsp3) is 0.143. The Bertz CT molecular complexity index is 605. The average molecular weight is 323 g/mol. The van der Waals surface area contributed by atoms with Crippen molar-refractivity contribution in [2.75, 3.05) is 0 Å². The largest absolute Gasteiger partial charge is 0.143 e. The van der Waals surface area contributed by atoms with Gasteiger partial charge in [-0.3, -0.25) is 0 Å². The highest BCUT2D eigenvalue weighted by Crippen LogP contribution is 2.39. The van der Waals surface area contributed by atoms with Crippen molar-refractivity contribution in [1.82, 2.24) is 0 Å². The summed E-state index contributed by atoms with van der Waals surface area (Å²) >= 11 is 7.48. The molecule has 1 aromatic carbocycles. The first-order chi connectivity index (χ1) is 8.24. The molecule has 0 amide bonds. The minimum Gasteiger partial charge on any atom is -0.143 e. The molecule has 3 rings (SSSR count). The molecule has 0 aliphatic heterocycles. The second kappa shape index (κ2) is 4.56. The summed E-state index contributed by atoms with van der Waals surface area (Å²) in [6.45, 7) is 2.12. The SMILES string of the molecule is Cc1ccc(C(Br)c2cc3sccc3s2)cc1. The van der Waals surface area contributed by atoms with Gasteiger partial charge in [0.05, 0.1) is 4.83 Å². The average Bonchev–Trinajstić information content (AvgIpc) is 2.89. The Balaban J connectivity index is 1.98. The zero-order valence-corrected chi connectivity index (χ0v) is 12.5. The van der Waals surface area contributed by atoms with E-state index >= 15 is 0 Å². The smallest absolute Gasteiger partial charge is 0.0738 e. The lowest BCUT2D eigenvalue weighted by atomic mass is 10.1. The summed E-state index contributed by atoms with van der Waals surface area (Å²) in [6, 6.07) is 13.2. The van der Waals surface area contributed by atoms with E-state index in [-0.39, 0.29) is 0 Å². The number of hydrogen-bond donors (Lipinski definition) is 0. The molecule has 0 spiro atoms. The van der Waals surface area contributed by atoms with Gasteiger partial charge in [-0.1, -0.05) is 45.8 Å². The number of thiophene rings is 2. The number of alkyl halides is 1. The van der Waals surface area contributed by atoms with Gasteiger partial charge in [-0.2, -0.15) is 0 Å². The van der Waals surface area contributed by atoms with Crippen molar-refractivity contribution in [3.8, 4) is 0 Å². The third kappa shape index (κ3) is 2.19. The first kappa shape index (κ1) is 11.5. The minimum absolute atomic E-state index is 0.313. The van der Waals surface area contributed by atoms with E-state index in [0.29, 0.717) is 4.83 Å². The highest BCUT2D eigenvalue weighted by atomic mass is 79.9. The fourth-order valence-corrected chi connectivity index (χ4v) is 4.65. The molecule has 0 N–H and O–H groups in total. The molecule has 0 saturated carbocycles. The quantitative estimate of drug-likeness (QED) is 0.526. The van der Waals surface area contributed by atoms with E-state index in [0.717, 1.165) is 0 Å². The summed E-state index contributed by atoms with van der Waals surface area (Å²) in [5.41, 5.74) is 2.63. The Kier molecular flexibility index (Phi) is 3.07. The van der Waals surface area contributed by atoms with E-state index in [1.165, 1.54) is 25.4 Å². The zero-order valence-electron chi connectivity index (χ0n) is 9.31. The molecule has 1 atom stereocenters. The van der Waals surface area contributed by atoms with Crippen molar-refractivity contribution in [2.45, 2.75) is 11.8 Å². The van der Waals surface area contributed by atoms with Crippen molar-refractivity contribution in [1.29, 1.82) is 0 Å². The standard InChI is InChI=1S/C14H11BrS2/c1-9-2-4-10(5-3-9)14(15)13-8-12-11(17-13)6-7-16-12/h2-8,14H,1H3. The van der Waals surface area contributed by atoms with Crippen LogP contribution in [0, 0.1) is 6.92 Å². The van der Waals surface area contributed by atoms with Crippen molar-refractivity contribution >= 4 is 48.0 Å². The van der Waals surface area contributed by atoms with Crippen LogP contribution >= 0.6 is 38.6 Å². The van der Waals surface area contributed by atoms with Gasteiger partial charge in [-0.25, -0.2) is 0 Å². The summed E-state index contributed by atoms with van der Waals surface area (Å²) in [5, 5.41) is 2.15. The lowest BCUT2D eigenvalue weighted by Crippen LogP contribution is -1.88. The lowest BCUT2D eigenvalue weighted by molar-refractivity contribution is 1.22. The summed E-state index contributed by atoms with van der Waals surface area (Å²) in [7, 11) is 0. The van der Waals surface area contributed by atoms with Crippen molar-refractivity contribution in [3.05, 3.63) is 57.8 Å². The molecule has 3 heteroatoms. The molecule has 0 fully saturated rings. The van der Waals surface area contributed by atoms with E-state index in [1.54, 1.807) is 0 Å². The molecule has 0 aliphatic rings. The zero-order chi connectivity index (χ0) is 11.8. The van der Waals surface area contributed by atoms with Crippen LogP contribution in [0.15, 0.2) is 41.8 Å². The molecule has 0 radical (unpaired) electrons. The maximum absolute atomic E-state index is 3.80. The van der Waals surface area contributed by atoms with Crippen molar-refractivity contribution in [3.63, 3.8) is 0 Å². The van der Waals surface area contributed by atoms with Gasteiger partial charge in [-0.15, -0.1) is 22.7 Å². The molecule has 3 aromatic rings. The van der Waals surface area contributed by atoms with Crippen LogP contribution in [0.25, 0.3) is 9.40 Å². The third-order valence-electron chi connectivity index (χ3n) is 2.78. The van der Waals surface area contributed by atoms with E-state index in [2.05, 4.69) is 64.6 Å². The highest BCUT2D eigenvalue weighted by molar-refractivity contribution is 9.09. The van der Waals surface area contributed by atoms with E-state index in [4.69, 9.17) is 0 Å². The molecule has 1 unspecified atom stereocenters. The second-order valence-electron chi connectivity index (χ2n) is 4.07. The number of fused-ring (bicyclic) bond motifs is 1. The number of halogens is 1. The maximum atomic E-state index is 3.80. The number of aryl methyl sites for hydroxylation is 1. The topological polar surface area (TPSA) is 0 Å². The Morgan fingerprint density at radius 1 is 1.06 bits per heavy atom. The Hall–Kier alpha value is -0.640. The molecule has 17 heavy (non-hydrogen) atoms. The van der Waals surface area contributed by atoms with Crippen LogP contribution in [0.3, 0.4) is 0 Å². The molecule has 0 aliphatic carbocycles. The van der Waals surface area contributed by atoms with Crippen molar-refractivity contribution in [2.24, 2.45) is 0 Å². The van der Waals surface area contributed by atoms with Gasteiger partial charge in [-0.05, 0) is 30.0 Å². The third-order valence-corrected chi connectivity index (χ3v) is 6.26. The molecule has 2 aromatic heterocycles. The van der Waals surface area contributed by atoms with Crippen LogP contribution in [0.4, 0.5) is 0 Å². The Labute approximate surface area is 117 Å². The Morgan fingerprint density at radius 2 is 1.82 bits per heavy atom. The van der Waals surface area contributed by atoms with E-state index < -0.39 is 0 Å². The van der Waals surface area contributed by atoms with Crippen LogP contribution in [-0.4, -0.2) is 0 Å². The molecule has 0 nitrogen and oxygen atoms in total. The van der Waals surface area contributed by atoms with E-state index in [1.807, 2.05) is 22.7 Å². The molecule has 86 valence electrons. The van der Waals surface area contributed by atoms with Crippen LogP contribution in [0.1, 0.15) is 20.8 Å². The minimum atomic E-state index is 0.313. The molecule has 0 bridgehead atoms. The Morgan fingerprint density at radius 3 is 2.53 bits per heavy atom. The van der Waals surface area contributed by atoms with Gasteiger partial charge in [0.1, 0.15) is 0 Å². The van der Waals surface area contributed by atoms with Crippen molar-refractivity contribution < 1.29 is 0 Å². The number of hydrogen-bond acceptors (Lipinski definition) is 2. The van der Waals surface area contributed by atoms with Gasteiger partial charge < -0.3 is 0 Å². The van der Waals surface area contributed by atoms with Crippen LogP contribution in [0.5, 0.6) is 0 Å². The number of rotatable bonds is 2. The molecule has 0 saturated heterocycles. The predicted molar refractivity (Wildman–Crippen MR) is 81.7 cm³/mol. The van der Waals surface area contributed by atoms with Gasteiger partial charge in [0.2, 0.25) is 0 Å². The normalized spacial score (nSPS) is 13.1. The van der Waals surface area contributed by atoms with Crippen LogP contribution in [0.2, 0.25) is 0 Å². The van der Waals surface area contributed by atoms with Gasteiger partial charge in [0, 0.05) is 14.3 Å². The summed E-state index contributed by atoms with van der Waals surface area (Å²) < 4.78 is 2.78. The van der Waals surface area contributed by atoms with Crippen LogP contribution < -0.4 is 0 Å². The summed E-state index contributed by atoms with van der Waals surface area (Å²) in [4.78, 5) is 1.70. The molecule has 2 heterocycles. The molecular formula is C14H11BrS2. The summed E-state index contributed by atoms with van der Waals surface area (Å²) in [6.07, 6.45) is 0. The first-order valence-electron chi connectivity index (χ1n) is 5.41. The monoisotopic (exact) mass is 322 g/mol. The van der Waals surface area contributed by atoms with E-state index in [9.17, 15) is 0 Å². The second-order valence-corrected chi connectivity index (χ2v) is 7.05. The number of benzene rings is 1. The summed E-state index contributed by atoms with van der Waals surface area (Å²) in [5.74, 6) is 0. The first-order valence-corrected chi connectivity index (χ1v) is 8.03. The highest BCUT2D eigenvalue weighted by Gasteiger charge is 2.13.